The Morgan fingerprint density at radius 2 is 2.10 bits per heavy atom. The van der Waals surface area contributed by atoms with Crippen LogP contribution in [0.3, 0.4) is 0 Å². The lowest BCUT2D eigenvalue weighted by Crippen LogP contribution is -2.26. The zero-order valence-electron chi connectivity index (χ0n) is 17.4. The highest BCUT2D eigenvalue weighted by Gasteiger charge is 2.23. The number of fused-ring (bicyclic) bond motifs is 3. The molecule has 3 heterocycles. The van der Waals surface area contributed by atoms with E-state index in [-0.39, 0.29) is 12.4 Å². The van der Waals surface area contributed by atoms with Gasteiger partial charge in [-0.15, -0.1) is 0 Å². The second kappa shape index (κ2) is 8.22. The van der Waals surface area contributed by atoms with Gasteiger partial charge in [-0.2, -0.15) is 0 Å². The topological polar surface area (TPSA) is 103 Å². The lowest BCUT2D eigenvalue weighted by Gasteiger charge is -2.24. The minimum Gasteiger partial charge on any atom is -0.401 e. The van der Waals surface area contributed by atoms with Crippen LogP contribution in [0, 0.1) is 11.7 Å². The molecule has 0 amide bonds. The van der Waals surface area contributed by atoms with Crippen molar-refractivity contribution in [2.24, 2.45) is 17.5 Å². The first kappa shape index (κ1) is 20.6. The smallest absolute Gasteiger partial charge is 0.134 e. The van der Waals surface area contributed by atoms with Gasteiger partial charge in [0.25, 0.3) is 0 Å². The molecule has 0 aliphatic carbocycles. The van der Waals surface area contributed by atoms with Gasteiger partial charge in [-0.1, -0.05) is 6.07 Å². The van der Waals surface area contributed by atoms with Crippen molar-refractivity contribution in [3.05, 3.63) is 47.0 Å². The van der Waals surface area contributed by atoms with E-state index in [2.05, 4.69) is 9.55 Å². The minimum absolute atomic E-state index is 0.174. The number of benzene rings is 1. The molecule has 1 aliphatic heterocycles. The molecular formula is C22H28FN5O2. The van der Waals surface area contributed by atoms with E-state index in [1.165, 1.54) is 11.1 Å². The Labute approximate surface area is 174 Å². The number of pyridine rings is 1. The second-order valence-corrected chi connectivity index (χ2v) is 7.99. The van der Waals surface area contributed by atoms with E-state index >= 15 is 0 Å². The van der Waals surface area contributed by atoms with Crippen molar-refractivity contribution >= 4 is 27.6 Å². The van der Waals surface area contributed by atoms with Crippen LogP contribution in [0.15, 0.2) is 30.1 Å². The molecule has 1 aliphatic rings. The van der Waals surface area contributed by atoms with Crippen molar-refractivity contribution in [3.8, 4) is 0 Å². The summed E-state index contributed by atoms with van der Waals surface area (Å²) in [5, 5.41) is 11.8. The maximum absolute atomic E-state index is 14.9. The van der Waals surface area contributed by atoms with E-state index in [4.69, 9.17) is 16.3 Å². The number of nitrogens with two attached hydrogens (primary N) is 2. The molecule has 1 fully saturated rings. The predicted octanol–water partition coefficient (Wildman–Crippen LogP) is 2.70. The Bertz CT molecular complexity index is 1110. The maximum Gasteiger partial charge on any atom is 0.134 e. The molecule has 0 atom stereocenters. The second-order valence-electron chi connectivity index (χ2n) is 7.99. The van der Waals surface area contributed by atoms with Crippen LogP contribution < -0.4 is 11.6 Å². The van der Waals surface area contributed by atoms with Gasteiger partial charge in [0.15, 0.2) is 0 Å². The SMILES string of the molecule is C/C(N)=C(\c1cnc2c3c(F)ccc(CO)c3n(CC3CCOCC3)c2c1)N(C)N. The number of aliphatic hydroxyl groups is 1. The molecule has 8 heteroatoms. The molecule has 160 valence electrons. The van der Waals surface area contributed by atoms with Crippen molar-refractivity contribution in [2.45, 2.75) is 32.9 Å². The maximum atomic E-state index is 14.9. The summed E-state index contributed by atoms with van der Waals surface area (Å²) in [4.78, 5) is 4.61. The standard InChI is InChI=1S/C22H28FN5O2/c1-13(24)21(27(2)25)16-9-18-20(26-10-16)19-17(23)4-3-15(12-29)22(19)28(18)11-14-5-7-30-8-6-14/h3-4,9-10,14,29H,5-8,11-12,24-25H2,1-2H3/b21-13-. The highest BCUT2D eigenvalue weighted by molar-refractivity contribution is 6.07. The normalized spacial score (nSPS) is 16.3. The molecule has 5 N–H and O–H groups in total. The highest BCUT2D eigenvalue weighted by atomic mass is 19.1. The van der Waals surface area contributed by atoms with Gasteiger partial charge in [-0.25, -0.2) is 10.2 Å². The Morgan fingerprint density at radius 1 is 1.37 bits per heavy atom. The number of hydrazine groups is 1. The van der Waals surface area contributed by atoms with Crippen molar-refractivity contribution in [2.75, 3.05) is 20.3 Å². The molecule has 0 radical (unpaired) electrons. The van der Waals surface area contributed by atoms with Gasteiger partial charge in [-0.05, 0) is 37.8 Å². The lowest BCUT2D eigenvalue weighted by molar-refractivity contribution is 0.0619. The fourth-order valence-electron chi connectivity index (χ4n) is 4.46. The molecule has 0 saturated carbocycles. The third-order valence-corrected chi connectivity index (χ3v) is 5.83. The van der Waals surface area contributed by atoms with Gasteiger partial charge in [0.05, 0.1) is 34.2 Å². The average molecular weight is 413 g/mol. The number of nitrogens with zero attached hydrogens (tertiary/aromatic N) is 3. The number of ether oxygens (including phenoxy) is 1. The van der Waals surface area contributed by atoms with Crippen LogP contribution in [-0.4, -0.2) is 39.9 Å². The summed E-state index contributed by atoms with van der Waals surface area (Å²) in [7, 11) is 1.72. The van der Waals surface area contributed by atoms with Gasteiger partial charge in [-0.3, -0.25) is 4.98 Å². The number of hydrogen-bond acceptors (Lipinski definition) is 6. The molecule has 0 unspecified atom stereocenters. The average Bonchev–Trinajstić information content (AvgIpc) is 3.03. The van der Waals surface area contributed by atoms with Crippen LogP contribution in [0.5, 0.6) is 0 Å². The zero-order chi connectivity index (χ0) is 21.4. The number of aliphatic hydroxyl groups excluding tert-OH is 1. The van der Waals surface area contributed by atoms with E-state index in [0.717, 1.165) is 37.1 Å². The lowest BCUT2D eigenvalue weighted by atomic mass is 10.00. The van der Waals surface area contributed by atoms with Crippen LogP contribution in [-0.2, 0) is 17.9 Å². The van der Waals surface area contributed by atoms with Crippen molar-refractivity contribution in [1.82, 2.24) is 14.6 Å². The van der Waals surface area contributed by atoms with Crippen LogP contribution in [0.4, 0.5) is 4.39 Å². The van der Waals surface area contributed by atoms with E-state index in [1.54, 1.807) is 26.2 Å². The molecule has 30 heavy (non-hydrogen) atoms. The van der Waals surface area contributed by atoms with Crippen LogP contribution >= 0.6 is 0 Å². The molecular weight excluding hydrogens is 385 g/mol. The van der Waals surface area contributed by atoms with Gasteiger partial charge in [0.2, 0.25) is 0 Å². The molecule has 4 rings (SSSR count). The Morgan fingerprint density at radius 3 is 2.73 bits per heavy atom. The predicted molar refractivity (Wildman–Crippen MR) is 115 cm³/mol. The number of halogens is 1. The number of allylic oxidation sites excluding steroid dienone is 1. The number of rotatable bonds is 5. The summed E-state index contributed by atoms with van der Waals surface area (Å²) >= 11 is 0. The quantitative estimate of drug-likeness (QED) is 0.439. The first-order valence-electron chi connectivity index (χ1n) is 10.2. The molecule has 1 saturated heterocycles. The van der Waals surface area contributed by atoms with Crippen LogP contribution in [0.25, 0.3) is 27.6 Å². The first-order chi connectivity index (χ1) is 14.4. The molecule has 2 aromatic heterocycles. The van der Waals surface area contributed by atoms with E-state index in [0.29, 0.717) is 45.8 Å². The molecule has 0 spiro atoms. The first-order valence-corrected chi connectivity index (χ1v) is 10.2. The molecule has 0 bridgehead atoms. The molecule has 1 aromatic carbocycles. The van der Waals surface area contributed by atoms with Gasteiger partial charge < -0.3 is 25.2 Å². The Kier molecular flexibility index (Phi) is 5.64. The van der Waals surface area contributed by atoms with Gasteiger partial charge >= 0.3 is 0 Å². The Hall–Kier alpha value is -2.68. The number of aromatic nitrogens is 2. The van der Waals surface area contributed by atoms with Crippen molar-refractivity contribution in [1.29, 1.82) is 0 Å². The zero-order valence-corrected chi connectivity index (χ0v) is 17.4. The number of hydrogen-bond donors (Lipinski definition) is 3. The summed E-state index contributed by atoms with van der Waals surface area (Å²) < 4.78 is 22.5. The van der Waals surface area contributed by atoms with E-state index in [9.17, 15) is 9.50 Å². The van der Waals surface area contributed by atoms with Crippen LogP contribution in [0.1, 0.15) is 30.9 Å². The summed E-state index contributed by atoms with van der Waals surface area (Å²) in [6.07, 6.45) is 3.55. The minimum atomic E-state index is -0.347. The van der Waals surface area contributed by atoms with Crippen molar-refractivity contribution in [3.63, 3.8) is 0 Å². The summed E-state index contributed by atoms with van der Waals surface area (Å²) in [6.45, 7) is 3.76. The third kappa shape index (κ3) is 3.51. The fourth-order valence-corrected chi connectivity index (χ4v) is 4.46. The van der Waals surface area contributed by atoms with Gasteiger partial charge in [0, 0.05) is 49.8 Å². The largest absolute Gasteiger partial charge is 0.401 e. The summed E-state index contributed by atoms with van der Waals surface area (Å²) in [5.41, 5.74) is 10.8. The highest BCUT2D eigenvalue weighted by Crippen LogP contribution is 2.35. The third-order valence-electron chi connectivity index (χ3n) is 5.83. The van der Waals surface area contributed by atoms with E-state index in [1.807, 2.05) is 6.07 Å². The van der Waals surface area contributed by atoms with Gasteiger partial charge in [0.1, 0.15) is 5.82 Å². The Balaban J connectivity index is 2.00. The summed E-state index contributed by atoms with van der Waals surface area (Å²) in [5.74, 6) is 6.05. The monoisotopic (exact) mass is 413 g/mol. The van der Waals surface area contributed by atoms with Crippen LogP contribution in [0.2, 0.25) is 0 Å². The fraction of sp³-hybridized carbons (Fsp3) is 0.409. The molecule has 7 nitrogen and oxygen atoms in total. The summed E-state index contributed by atoms with van der Waals surface area (Å²) in [6, 6.07) is 4.99. The molecule has 3 aromatic rings. The van der Waals surface area contributed by atoms with Crippen molar-refractivity contribution < 1.29 is 14.2 Å². The van der Waals surface area contributed by atoms with E-state index < -0.39 is 0 Å².